The molecule has 0 aromatic heterocycles. The van der Waals surface area contributed by atoms with Crippen LogP contribution in [0.25, 0.3) is 12.2 Å². The van der Waals surface area contributed by atoms with Gasteiger partial charge in [-0.2, -0.15) is 0 Å². The van der Waals surface area contributed by atoms with Crippen LogP contribution < -0.4 is 0 Å². The van der Waals surface area contributed by atoms with Gasteiger partial charge in [0.25, 0.3) is 0 Å². The van der Waals surface area contributed by atoms with Gasteiger partial charge in [0, 0.05) is 0 Å². The van der Waals surface area contributed by atoms with Gasteiger partial charge in [-0.1, -0.05) is 35.9 Å². The molecule has 0 spiro atoms. The smallest absolute Gasteiger partial charge is 0.0987 e. The molecular weight excluding hydrogens is 172 g/mol. The van der Waals surface area contributed by atoms with Crippen LogP contribution in [0.4, 0.5) is 0 Å². The highest BCUT2D eigenvalue weighted by Crippen LogP contribution is 2.22. The van der Waals surface area contributed by atoms with Crippen molar-refractivity contribution in [2.45, 2.75) is 19.4 Å². The molecule has 2 rings (SSSR count). The van der Waals surface area contributed by atoms with E-state index in [0.717, 1.165) is 5.56 Å². The third-order valence-corrected chi connectivity index (χ3v) is 2.44. The minimum Gasteiger partial charge on any atom is -0.382 e. The van der Waals surface area contributed by atoms with Gasteiger partial charge in [0.2, 0.25) is 0 Å². The first-order chi connectivity index (χ1) is 6.57. The molecular formula is C13H14O. The Kier molecular flexibility index (Phi) is 2.05. The molecule has 14 heavy (non-hydrogen) atoms. The predicted octanol–water partition coefficient (Wildman–Crippen LogP) is 2.79. The van der Waals surface area contributed by atoms with Crippen LogP contribution in [-0.2, 0) is 0 Å². The van der Waals surface area contributed by atoms with Gasteiger partial charge in [-0.05, 0) is 37.1 Å². The lowest BCUT2D eigenvalue weighted by atomic mass is 10.0. The van der Waals surface area contributed by atoms with Crippen LogP contribution in [-0.4, -0.2) is 10.7 Å². The summed E-state index contributed by atoms with van der Waals surface area (Å²) in [6.07, 6.45) is 7.57. The molecule has 0 saturated heterocycles. The molecule has 0 fully saturated rings. The fraction of sp³-hybridized carbons (Fsp3) is 0.231. The molecule has 1 heteroatoms. The van der Waals surface area contributed by atoms with Gasteiger partial charge >= 0.3 is 0 Å². The fourth-order valence-corrected chi connectivity index (χ4v) is 1.56. The lowest BCUT2D eigenvalue weighted by molar-refractivity contribution is 0.166. The maximum atomic E-state index is 9.82. The fourth-order valence-electron chi connectivity index (χ4n) is 1.56. The summed E-state index contributed by atoms with van der Waals surface area (Å²) in [4.78, 5) is 0. The lowest BCUT2D eigenvalue weighted by Crippen LogP contribution is -2.15. The number of aliphatic hydroxyl groups is 1. The SMILES string of the molecule is Cc1ccc2c(c1)C=CC(C)(O)C=C2. The molecule has 0 saturated carbocycles. The van der Waals surface area contributed by atoms with Crippen molar-refractivity contribution < 1.29 is 5.11 Å². The third kappa shape index (κ3) is 1.78. The van der Waals surface area contributed by atoms with E-state index in [0.29, 0.717) is 0 Å². The Morgan fingerprint density at radius 3 is 2.43 bits per heavy atom. The molecule has 1 aliphatic rings. The van der Waals surface area contributed by atoms with Crippen molar-refractivity contribution >= 4 is 12.2 Å². The van der Waals surface area contributed by atoms with Gasteiger partial charge < -0.3 is 5.11 Å². The van der Waals surface area contributed by atoms with Crippen LogP contribution in [0.1, 0.15) is 23.6 Å². The van der Waals surface area contributed by atoms with Gasteiger partial charge in [-0.25, -0.2) is 0 Å². The molecule has 0 heterocycles. The van der Waals surface area contributed by atoms with Gasteiger partial charge in [0.05, 0.1) is 5.60 Å². The summed E-state index contributed by atoms with van der Waals surface area (Å²) in [6.45, 7) is 3.85. The molecule has 1 aliphatic carbocycles. The summed E-state index contributed by atoms with van der Waals surface area (Å²) < 4.78 is 0. The molecule has 72 valence electrons. The highest BCUT2D eigenvalue weighted by atomic mass is 16.3. The molecule has 0 aliphatic heterocycles. The summed E-state index contributed by atoms with van der Waals surface area (Å²) in [5, 5.41) is 9.82. The topological polar surface area (TPSA) is 20.2 Å². The molecule has 1 atom stereocenters. The highest BCUT2D eigenvalue weighted by molar-refractivity contribution is 5.69. The quantitative estimate of drug-likeness (QED) is 0.660. The van der Waals surface area contributed by atoms with Crippen molar-refractivity contribution in [1.29, 1.82) is 0 Å². The Morgan fingerprint density at radius 1 is 1.07 bits per heavy atom. The largest absolute Gasteiger partial charge is 0.382 e. The van der Waals surface area contributed by atoms with Crippen LogP contribution in [0.2, 0.25) is 0 Å². The maximum absolute atomic E-state index is 9.82. The van der Waals surface area contributed by atoms with E-state index in [1.54, 1.807) is 6.92 Å². The number of benzene rings is 1. The zero-order valence-electron chi connectivity index (χ0n) is 8.49. The molecule has 0 radical (unpaired) electrons. The highest BCUT2D eigenvalue weighted by Gasteiger charge is 2.13. The van der Waals surface area contributed by atoms with E-state index >= 15 is 0 Å². The molecule has 1 unspecified atom stereocenters. The predicted molar refractivity (Wildman–Crippen MR) is 59.9 cm³/mol. The van der Waals surface area contributed by atoms with Crippen molar-refractivity contribution in [3.63, 3.8) is 0 Å². The van der Waals surface area contributed by atoms with Gasteiger partial charge in [0.1, 0.15) is 0 Å². The number of rotatable bonds is 0. The zero-order chi connectivity index (χ0) is 10.2. The van der Waals surface area contributed by atoms with E-state index in [9.17, 15) is 5.11 Å². The second-order valence-electron chi connectivity index (χ2n) is 4.02. The summed E-state index contributed by atoms with van der Waals surface area (Å²) >= 11 is 0. The van der Waals surface area contributed by atoms with Crippen LogP contribution in [0.5, 0.6) is 0 Å². The first-order valence-corrected chi connectivity index (χ1v) is 4.78. The van der Waals surface area contributed by atoms with E-state index in [-0.39, 0.29) is 0 Å². The minimum atomic E-state index is -0.826. The van der Waals surface area contributed by atoms with Crippen molar-refractivity contribution in [2.24, 2.45) is 0 Å². The van der Waals surface area contributed by atoms with Crippen LogP contribution in [0, 0.1) is 6.92 Å². The standard InChI is InChI=1S/C13H14O/c1-10-3-4-11-5-7-13(2,14)8-6-12(11)9-10/h3-9,14H,1-2H3. The molecule has 0 bridgehead atoms. The van der Waals surface area contributed by atoms with E-state index < -0.39 is 5.60 Å². The van der Waals surface area contributed by atoms with E-state index in [2.05, 4.69) is 25.1 Å². The molecule has 1 nitrogen and oxygen atoms in total. The van der Waals surface area contributed by atoms with E-state index in [4.69, 9.17) is 0 Å². The van der Waals surface area contributed by atoms with E-state index in [1.807, 2.05) is 24.3 Å². The summed E-state index contributed by atoms with van der Waals surface area (Å²) in [5.74, 6) is 0. The minimum absolute atomic E-state index is 0.826. The normalized spacial score (nSPS) is 24.5. The Hall–Kier alpha value is -1.34. The molecule has 1 aromatic carbocycles. The van der Waals surface area contributed by atoms with Crippen LogP contribution in [0.3, 0.4) is 0 Å². The Morgan fingerprint density at radius 2 is 1.71 bits per heavy atom. The lowest BCUT2D eigenvalue weighted by Gasteiger charge is -2.10. The zero-order valence-corrected chi connectivity index (χ0v) is 8.49. The van der Waals surface area contributed by atoms with Gasteiger partial charge in [-0.15, -0.1) is 0 Å². The number of aryl methyl sites for hydroxylation is 1. The summed E-state index contributed by atoms with van der Waals surface area (Å²) in [6, 6.07) is 6.28. The second-order valence-corrected chi connectivity index (χ2v) is 4.02. The number of hydrogen-bond acceptors (Lipinski definition) is 1. The Labute approximate surface area is 84.4 Å². The van der Waals surface area contributed by atoms with Crippen molar-refractivity contribution in [1.82, 2.24) is 0 Å². The van der Waals surface area contributed by atoms with Crippen molar-refractivity contribution in [3.05, 3.63) is 47.0 Å². The van der Waals surface area contributed by atoms with Crippen molar-refractivity contribution in [3.8, 4) is 0 Å². The monoisotopic (exact) mass is 186 g/mol. The molecule has 0 amide bonds. The van der Waals surface area contributed by atoms with Gasteiger partial charge in [0.15, 0.2) is 0 Å². The Bertz CT molecular complexity index is 411. The number of fused-ring (bicyclic) bond motifs is 1. The average Bonchev–Trinajstić information content (AvgIpc) is 2.26. The first-order valence-electron chi connectivity index (χ1n) is 4.78. The first kappa shape index (κ1) is 9.22. The Balaban J connectivity index is 2.54. The summed E-state index contributed by atoms with van der Waals surface area (Å²) in [7, 11) is 0. The van der Waals surface area contributed by atoms with Crippen LogP contribution in [0.15, 0.2) is 30.4 Å². The van der Waals surface area contributed by atoms with Gasteiger partial charge in [-0.3, -0.25) is 0 Å². The van der Waals surface area contributed by atoms with E-state index in [1.165, 1.54) is 11.1 Å². The maximum Gasteiger partial charge on any atom is 0.0987 e. The van der Waals surface area contributed by atoms with Crippen molar-refractivity contribution in [2.75, 3.05) is 0 Å². The van der Waals surface area contributed by atoms with Crippen LogP contribution >= 0.6 is 0 Å². The average molecular weight is 186 g/mol. The molecule has 1 aromatic rings. The third-order valence-electron chi connectivity index (χ3n) is 2.44. The summed E-state index contributed by atoms with van der Waals surface area (Å²) in [5.41, 5.74) is 2.74. The number of hydrogen-bond donors (Lipinski definition) is 1. The molecule has 1 N–H and O–H groups in total. The second kappa shape index (κ2) is 3.10.